The maximum absolute atomic E-state index is 12.1. The van der Waals surface area contributed by atoms with Gasteiger partial charge in [-0.05, 0) is 12.1 Å². The molecule has 0 radical (unpaired) electrons. The first-order valence-corrected chi connectivity index (χ1v) is 6.84. The summed E-state index contributed by atoms with van der Waals surface area (Å²) in [6, 6.07) is 5.12. The van der Waals surface area contributed by atoms with Crippen molar-refractivity contribution in [3.8, 4) is 11.5 Å². The molecule has 1 atom stereocenters. The Morgan fingerprint density at radius 3 is 2.85 bits per heavy atom. The van der Waals surface area contributed by atoms with Gasteiger partial charge in [0.25, 0.3) is 0 Å². The SMILES string of the molecule is O=C(Nc1ccc2c(c1)OCCCO2)C1COCCN1. The highest BCUT2D eigenvalue weighted by molar-refractivity contribution is 5.95. The molecular formula is C14H18N2O4. The number of benzene rings is 1. The minimum absolute atomic E-state index is 0.0980. The quantitative estimate of drug-likeness (QED) is 0.836. The summed E-state index contributed by atoms with van der Waals surface area (Å²) in [5.41, 5.74) is 0.701. The van der Waals surface area contributed by atoms with Gasteiger partial charge >= 0.3 is 0 Å². The zero-order valence-electron chi connectivity index (χ0n) is 11.2. The number of hydrogen-bond acceptors (Lipinski definition) is 5. The van der Waals surface area contributed by atoms with Crippen molar-refractivity contribution in [3.63, 3.8) is 0 Å². The lowest BCUT2D eigenvalue weighted by molar-refractivity contribution is -0.120. The Morgan fingerprint density at radius 1 is 1.20 bits per heavy atom. The fraction of sp³-hybridized carbons (Fsp3) is 0.500. The molecule has 6 nitrogen and oxygen atoms in total. The molecule has 108 valence electrons. The first kappa shape index (κ1) is 13.2. The largest absolute Gasteiger partial charge is 0.490 e. The lowest BCUT2D eigenvalue weighted by Gasteiger charge is -2.23. The van der Waals surface area contributed by atoms with Crippen molar-refractivity contribution < 1.29 is 19.0 Å². The number of ether oxygens (including phenoxy) is 3. The summed E-state index contributed by atoms with van der Waals surface area (Å²) in [6.07, 6.45) is 0.861. The monoisotopic (exact) mass is 278 g/mol. The van der Waals surface area contributed by atoms with Crippen LogP contribution >= 0.6 is 0 Å². The highest BCUT2D eigenvalue weighted by Crippen LogP contribution is 2.32. The lowest BCUT2D eigenvalue weighted by Crippen LogP contribution is -2.48. The third-order valence-corrected chi connectivity index (χ3v) is 3.25. The van der Waals surface area contributed by atoms with Gasteiger partial charge in [-0.2, -0.15) is 0 Å². The van der Waals surface area contributed by atoms with E-state index in [1.165, 1.54) is 0 Å². The van der Waals surface area contributed by atoms with E-state index < -0.39 is 0 Å². The third kappa shape index (κ3) is 3.02. The maximum atomic E-state index is 12.1. The highest BCUT2D eigenvalue weighted by atomic mass is 16.5. The Kier molecular flexibility index (Phi) is 4.03. The molecular weight excluding hydrogens is 260 g/mol. The standard InChI is InChI=1S/C14H18N2O4/c17-14(11-9-18-7-4-15-11)16-10-2-3-12-13(8-10)20-6-1-5-19-12/h2-3,8,11,15H,1,4-7,9H2,(H,16,17). The Hall–Kier alpha value is -1.79. The number of anilines is 1. The summed E-state index contributed by atoms with van der Waals surface area (Å²) < 4.78 is 16.4. The van der Waals surface area contributed by atoms with Gasteiger partial charge in [0.15, 0.2) is 11.5 Å². The smallest absolute Gasteiger partial charge is 0.243 e. The molecule has 1 saturated heterocycles. The van der Waals surface area contributed by atoms with Crippen molar-refractivity contribution in [2.75, 3.05) is 38.3 Å². The van der Waals surface area contributed by atoms with Gasteiger partial charge in [0, 0.05) is 24.7 Å². The van der Waals surface area contributed by atoms with Crippen LogP contribution in [0.2, 0.25) is 0 Å². The molecule has 6 heteroatoms. The van der Waals surface area contributed by atoms with E-state index in [1.54, 1.807) is 6.07 Å². The van der Waals surface area contributed by atoms with Gasteiger partial charge in [0.1, 0.15) is 6.04 Å². The summed E-state index contributed by atoms with van der Waals surface area (Å²) in [7, 11) is 0. The van der Waals surface area contributed by atoms with E-state index in [0.717, 1.165) is 12.2 Å². The molecule has 0 aliphatic carbocycles. The molecule has 2 aliphatic heterocycles. The Balaban J connectivity index is 1.68. The number of hydrogen-bond donors (Lipinski definition) is 2. The fourth-order valence-electron chi connectivity index (χ4n) is 2.20. The van der Waals surface area contributed by atoms with Gasteiger partial charge in [-0.1, -0.05) is 0 Å². The van der Waals surface area contributed by atoms with Crippen molar-refractivity contribution in [3.05, 3.63) is 18.2 Å². The Bertz CT molecular complexity index is 486. The highest BCUT2D eigenvalue weighted by Gasteiger charge is 2.21. The number of nitrogens with one attached hydrogen (secondary N) is 2. The van der Waals surface area contributed by atoms with Gasteiger partial charge < -0.3 is 24.8 Å². The second kappa shape index (κ2) is 6.11. The van der Waals surface area contributed by atoms with E-state index in [2.05, 4.69) is 10.6 Å². The third-order valence-electron chi connectivity index (χ3n) is 3.25. The molecule has 1 amide bonds. The normalized spacial score (nSPS) is 21.9. The first-order valence-electron chi connectivity index (χ1n) is 6.84. The Morgan fingerprint density at radius 2 is 2.05 bits per heavy atom. The van der Waals surface area contributed by atoms with E-state index in [-0.39, 0.29) is 11.9 Å². The number of fused-ring (bicyclic) bond motifs is 1. The van der Waals surface area contributed by atoms with Crippen LogP contribution in [0.3, 0.4) is 0 Å². The molecule has 0 aromatic heterocycles. The van der Waals surface area contributed by atoms with Crippen LogP contribution in [0.1, 0.15) is 6.42 Å². The van der Waals surface area contributed by atoms with Crippen molar-refractivity contribution in [1.82, 2.24) is 5.32 Å². The topological polar surface area (TPSA) is 68.8 Å². The number of amides is 1. The summed E-state index contributed by atoms with van der Waals surface area (Å²) in [6.45, 7) is 3.02. The van der Waals surface area contributed by atoms with Crippen molar-refractivity contribution in [1.29, 1.82) is 0 Å². The molecule has 0 spiro atoms. The summed E-state index contributed by atoms with van der Waals surface area (Å²) in [4.78, 5) is 12.1. The van der Waals surface area contributed by atoms with E-state index in [9.17, 15) is 4.79 Å². The molecule has 0 bridgehead atoms. The second-order valence-electron chi connectivity index (χ2n) is 4.78. The molecule has 3 rings (SSSR count). The fourth-order valence-corrected chi connectivity index (χ4v) is 2.20. The van der Waals surface area contributed by atoms with Crippen LogP contribution in [0.4, 0.5) is 5.69 Å². The first-order chi connectivity index (χ1) is 9.83. The molecule has 1 fully saturated rings. The van der Waals surface area contributed by atoms with Crippen LogP contribution < -0.4 is 20.1 Å². The van der Waals surface area contributed by atoms with Crippen molar-refractivity contribution in [2.45, 2.75) is 12.5 Å². The average Bonchev–Trinajstić information content (AvgIpc) is 2.73. The van der Waals surface area contributed by atoms with E-state index in [1.807, 2.05) is 12.1 Å². The molecule has 1 aromatic rings. The molecule has 1 unspecified atom stereocenters. The van der Waals surface area contributed by atoms with Gasteiger partial charge in [-0.15, -0.1) is 0 Å². The van der Waals surface area contributed by atoms with Crippen LogP contribution in [-0.2, 0) is 9.53 Å². The van der Waals surface area contributed by atoms with Gasteiger partial charge in [0.2, 0.25) is 5.91 Å². The average molecular weight is 278 g/mol. The van der Waals surface area contributed by atoms with E-state index in [0.29, 0.717) is 44.4 Å². The van der Waals surface area contributed by atoms with Crippen molar-refractivity contribution >= 4 is 11.6 Å². The predicted octanol–water partition coefficient (Wildman–Crippen LogP) is 0.775. The van der Waals surface area contributed by atoms with Gasteiger partial charge in [-0.3, -0.25) is 4.79 Å². The molecule has 2 heterocycles. The van der Waals surface area contributed by atoms with Crippen LogP contribution in [0.15, 0.2) is 18.2 Å². The number of morpholine rings is 1. The summed E-state index contributed by atoms with van der Waals surface area (Å²) in [5.74, 6) is 1.30. The number of rotatable bonds is 2. The zero-order valence-corrected chi connectivity index (χ0v) is 11.2. The summed E-state index contributed by atoms with van der Waals surface area (Å²) in [5, 5.41) is 5.98. The minimum Gasteiger partial charge on any atom is -0.490 e. The van der Waals surface area contributed by atoms with Crippen LogP contribution in [0.5, 0.6) is 11.5 Å². The summed E-state index contributed by atoms with van der Waals surface area (Å²) >= 11 is 0. The maximum Gasteiger partial charge on any atom is 0.243 e. The van der Waals surface area contributed by atoms with Gasteiger partial charge in [-0.25, -0.2) is 0 Å². The lowest BCUT2D eigenvalue weighted by atomic mass is 10.2. The Labute approximate surface area is 117 Å². The minimum atomic E-state index is -0.306. The predicted molar refractivity (Wildman–Crippen MR) is 73.3 cm³/mol. The van der Waals surface area contributed by atoms with Crippen LogP contribution in [0, 0.1) is 0 Å². The van der Waals surface area contributed by atoms with Crippen LogP contribution in [-0.4, -0.2) is 44.9 Å². The van der Waals surface area contributed by atoms with Crippen molar-refractivity contribution in [2.24, 2.45) is 0 Å². The molecule has 2 N–H and O–H groups in total. The zero-order chi connectivity index (χ0) is 13.8. The van der Waals surface area contributed by atoms with E-state index >= 15 is 0 Å². The number of carbonyl (C=O) groups is 1. The second-order valence-corrected chi connectivity index (χ2v) is 4.78. The van der Waals surface area contributed by atoms with Gasteiger partial charge in [0.05, 0.1) is 26.4 Å². The number of carbonyl (C=O) groups excluding carboxylic acids is 1. The van der Waals surface area contributed by atoms with Crippen LogP contribution in [0.25, 0.3) is 0 Å². The van der Waals surface area contributed by atoms with E-state index in [4.69, 9.17) is 14.2 Å². The molecule has 1 aromatic carbocycles. The molecule has 20 heavy (non-hydrogen) atoms. The molecule has 2 aliphatic rings. The molecule has 0 saturated carbocycles.